The third-order valence-electron chi connectivity index (χ3n) is 5.03. The lowest BCUT2D eigenvalue weighted by Crippen LogP contribution is -2.05. The van der Waals surface area contributed by atoms with Gasteiger partial charge in [0.25, 0.3) is 0 Å². The normalized spacial score (nSPS) is 12.3. The maximum atomic E-state index is 4.80. The fraction of sp³-hybridized carbons (Fsp3) is 0.296. The summed E-state index contributed by atoms with van der Waals surface area (Å²) in [7, 11) is 0. The number of hydrogen-bond acceptors (Lipinski definition) is 3. The minimum absolute atomic E-state index is 0.873. The predicted molar refractivity (Wildman–Crippen MR) is 129 cm³/mol. The molecule has 1 heterocycles. The maximum Gasteiger partial charge on any atom is 0.0849 e. The molecule has 0 amide bonds. The summed E-state index contributed by atoms with van der Waals surface area (Å²) < 4.78 is 0. The van der Waals surface area contributed by atoms with E-state index in [2.05, 4.69) is 62.4 Å². The Morgan fingerprint density at radius 1 is 0.633 bits per heavy atom. The smallest absolute Gasteiger partial charge is 0.0849 e. The second-order valence-corrected chi connectivity index (χ2v) is 7.64. The molecule has 0 spiro atoms. The molecule has 30 heavy (non-hydrogen) atoms. The Bertz CT molecular complexity index is 932. The Balaban J connectivity index is 1.78. The first-order valence-electron chi connectivity index (χ1n) is 10.8. The summed E-state index contributed by atoms with van der Waals surface area (Å²) in [4.78, 5) is 14.3. The van der Waals surface area contributed by atoms with Crippen molar-refractivity contribution < 1.29 is 0 Å². The summed E-state index contributed by atoms with van der Waals surface area (Å²) in [6.45, 7) is 8.40. The van der Waals surface area contributed by atoms with Crippen LogP contribution in [0.4, 0.5) is 11.4 Å². The van der Waals surface area contributed by atoms with Crippen LogP contribution >= 0.6 is 0 Å². The maximum absolute atomic E-state index is 4.80. The molecule has 0 aliphatic carbocycles. The highest BCUT2D eigenvalue weighted by atomic mass is 14.8. The van der Waals surface area contributed by atoms with Crippen LogP contribution in [-0.4, -0.2) is 16.4 Å². The van der Waals surface area contributed by atoms with Crippen LogP contribution in [0.2, 0.25) is 0 Å². The van der Waals surface area contributed by atoms with Crippen molar-refractivity contribution in [3.8, 4) is 0 Å². The lowest BCUT2D eigenvalue weighted by molar-refractivity contribution is 0.922. The van der Waals surface area contributed by atoms with Gasteiger partial charge in [0, 0.05) is 0 Å². The molecule has 0 saturated carbocycles. The third-order valence-corrected chi connectivity index (χ3v) is 5.03. The number of pyridine rings is 1. The second kappa shape index (κ2) is 10.6. The van der Waals surface area contributed by atoms with Crippen molar-refractivity contribution in [1.29, 1.82) is 0 Å². The molecule has 3 rings (SSSR count). The first kappa shape index (κ1) is 21.6. The van der Waals surface area contributed by atoms with E-state index in [0.717, 1.165) is 59.9 Å². The van der Waals surface area contributed by atoms with Gasteiger partial charge in [0.2, 0.25) is 0 Å². The highest BCUT2D eigenvalue weighted by Gasteiger charge is 2.05. The summed E-state index contributed by atoms with van der Waals surface area (Å²) >= 11 is 0. The monoisotopic (exact) mass is 397 g/mol. The molecule has 0 N–H and O–H groups in total. The molecular formula is C27H31N3. The van der Waals surface area contributed by atoms with E-state index < -0.39 is 0 Å². The van der Waals surface area contributed by atoms with Gasteiger partial charge >= 0.3 is 0 Å². The number of nitrogens with zero attached hydrogens (tertiary/aromatic N) is 3. The summed E-state index contributed by atoms with van der Waals surface area (Å²) in [6, 6.07) is 22.9. The topological polar surface area (TPSA) is 37.6 Å². The number of aryl methyl sites for hydroxylation is 2. The molecule has 0 bridgehead atoms. The van der Waals surface area contributed by atoms with Gasteiger partial charge in [0.15, 0.2) is 0 Å². The lowest BCUT2D eigenvalue weighted by atomic mass is 10.1. The Hall–Kier alpha value is -3.07. The van der Waals surface area contributed by atoms with Gasteiger partial charge in [-0.3, -0.25) is 9.98 Å². The average molecular weight is 398 g/mol. The van der Waals surface area contributed by atoms with Crippen molar-refractivity contribution in [2.24, 2.45) is 9.98 Å². The number of benzene rings is 2. The van der Waals surface area contributed by atoms with Crippen molar-refractivity contribution in [1.82, 2.24) is 4.98 Å². The minimum Gasteiger partial charge on any atom is -0.252 e. The van der Waals surface area contributed by atoms with Crippen LogP contribution in [0.25, 0.3) is 0 Å². The molecule has 0 radical (unpaired) electrons. The first-order chi connectivity index (χ1) is 14.6. The summed E-state index contributed by atoms with van der Waals surface area (Å²) in [5.74, 6) is 0. The average Bonchev–Trinajstić information content (AvgIpc) is 2.77. The van der Waals surface area contributed by atoms with E-state index in [1.807, 2.05) is 32.0 Å². The third kappa shape index (κ3) is 5.96. The molecular weight excluding hydrogens is 366 g/mol. The molecule has 3 aromatic rings. The molecule has 154 valence electrons. The molecule has 0 aliphatic rings. The summed E-state index contributed by atoms with van der Waals surface area (Å²) in [5.41, 5.74) is 8.16. The molecule has 0 unspecified atom stereocenters. The Morgan fingerprint density at radius 2 is 1.03 bits per heavy atom. The first-order valence-corrected chi connectivity index (χ1v) is 10.8. The van der Waals surface area contributed by atoms with E-state index >= 15 is 0 Å². The van der Waals surface area contributed by atoms with Crippen molar-refractivity contribution in [2.75, 3.05) is 0 Å². The highest BCUT2D eigenvalue weighted by Crippen LogP contribution is 2.18. The SMILES string of the molecule is CCCc1ccc(N=C(C)c2cccc(C(C)=Nc3ccc(CCC)cc3)n2)cc1. The molecule has 0 saturated heterocycles. The van der Waals surface area contributed by atoms with Gasteiger partial charge in [0.05, 0.1) is 34.2 Å². The summed E-state index contributed by atoms with van der Waals surface area (Å²) in [5, 5.41) is 0. The van der Waals surface area contributed by atoms with Crippen molar-refractivity contribution in [3.05, 3.63) is 89.2 Å². The van der Waals surface area contributed by atoms with Crippen molar-refractivity contribution in [2.45, 2.75) is 53.4 Å². The van der Waals surface area contributed by atoms with E-state index in [0.29, 0.717) is 0 Å². The zero-order valence-electron chi connectivity index (χ0n) is 18.5. The van der Waals surface area contributed by atoms with Crippen LogP contribution < -0.4 is 0 Å². The Kier molecular flexibility index (Phi) is 7.67. The van der Waals surface area contributed by atoms with Crippen LogP contribution in [0, 0.1) is 0 Å². The second-order valence-electron chi connectivity index (χ2n) is 7.64. The lowest BCUT2D eigenvalue weighted by Gasteiger charge is -2.06. The van der Waals surface area contributed by atoms with Gasteiger partial charge in [-0.25, -0.2) is 4.98 Å². The Labute approximate surface area is 180 Å². The highest BCUT2D eigenvalue weighted by molar-refractivity contribution is 6.02. The van der Waals surface area contributed by atoms with Crippen LogP contribution in [-0.2, 0) is 12.8 Å². The van der Waals surface area contributed by atoms with Crippen molar-refractivity contribution >= 4 is 22.8 Å². The minimum atomic E-state index is 0.873. The predicted octanol–water partition coefficient (Wildman–Crippen LogP) is 7.27. The fourth-order valence-corrected chi connectivity index (χ4v) is 3.39. The largest absolute Gasteiger partial charge is 0.252 e. The molecule has 0 aliphatic heterocycles. The Morgan fingerprint density at radius 3 is 1.40 bits per heavy atom. The summed E-state index contributed by atoms with van der Waals surface area (Å²) in [6.07, 6.45) is 4.52. The van der Waals surface area contributed by atoms with Gasteiger partial charge in [-0.2, -0.15) is 0 Å². The molecule has 3 nitrogen and oxygen atoms in total. The van der Waals surface area contributed by atoms with Crippen LogP contribution in [0.15, 0.2) is 76.7 Å². The zero-order valence-corrected chi connectivity index (χ0v) is 18.5. The van der Waals surface area contributed by atoms with E-state index in [-0.39, 0.29) is 0 Å². The van der Waals surface area contributed by atoms with Gasteiger partial charge in [-0.05, 0) is 74.2 Å². The van der Waals surface area contributed by atoms with Gasteiger partial charge < -0.3 is 0 Å². The number of rotatable bonds is 8. The van der Waals surface area contributed by atoms with E-state index in [1.165, 1.54) is 11.1 Å². The zero-order chi connectivity index (χ0) is 21.3. The fourth-order valence-electron chi connectivity index (χ4n) is 3.39. The van der Waals surface area contributed by atoms with Crippen LogP contribution in [0.5, 0.6) is 0 Å². The van der Waals surface area contributed by atoms with Gasteiger partial charge in [0.1, 0.15) is 0 Å². The quantitative estimate of drug-likeness (QED) is 0.368. The molecule has 3 heteroatoms. The van der Waals surface area contributed by atoms with E-state index in [4.69, 9.17) is 15.0 Å². The number of aromatic nitrogens is 1. The van der Waals surface area contributed by atoms with Crippen LogP contribution in [0.3, 0.4) is 0 Å². The molecule has 1 aromatic heterocycles. The van der Waals surface area contributed by atoms with Crippen LogP contribution in [0.1, 0.15) is 63.1 Å². The number of hydrogen-bond donors (Lipinski definition) is 0. The number of aliphatic imine (C=N–C) groups is 2. The molecule has 0 atom stereocenters. The standard InChI is InChI=1S/C27H31N3/c1-5-8-22-12-16-24(17-13-22)28-20(3)26-10-7-11-27(30-26)21(4)29-25-18-14-23(9-6-2)15-19-25/h7,10-19H,5-6,8-9H2,1-4H3. The van der Waals surface area contributed by atoms with Gasteiger partial charge in [-0.1, -0.05) is 57.0 Å². The molecule has 0 fully saturated rings. The van der Waals surface area contributed by atoms with E-state index in [9.17, 15) is 0 Å². The van der Waals surface area contributed by atoms with Gasteiger partial charge in [-0.15, -0.1) is 0 Å². The van der Waals surface area contributed by atoms with E-state index in [1.54, 1.807) is 0 Å². The van der Waals surface area contributed by atoms with Crippen molar-refractivity contribution in [3.63, 3.8) is 0 Å². The molecule has 2 aromatic carbocycles.